The van der Waals surface area contributed by atoms with Gasteiger partial charge in [-0.3, -0.25) is 4.79 Å². The van der Waals surface area contributed by atoms with Gasteiger partial charge in [0.2, 0.25) is 10.0 Å². The Bertz CT molecular complexity index is 943. The number of sulfonamides is 1. The highest BCUT2D eigenvalue weighted by molar-refractivity contribution is 7.89. The van der Waals surface area contributed by atoms with Crippen LogP contribution in [0, 0.1) is 13.8 Å². The number of rotatable bonds is 4. The Morgan fingerprint density at radius 1 is 1.07 bits per heavy atom. The second-order valence-corrected chi connectivity index (χ2v) is 9.05. The summed E-state index contributed by atoms with van der Waals surface area (Å²) in [5.74, 6) is -0.0358. The summed E-state index contributed by atoms with van der Waals surface area (Å²) in [6.45, 7) is 8.12. The molecule has 1 fully saturated rings. The molecule has 0 aliphatic carbocycles. The fourth-order valence-electron chi connectivity index (χ4n) is 3.56. The summed E-state index contributed by atoms with van der Waals surface area (Å²) in [5.41, 5.74) is 2.71. The van der Waals surface area contributed by atoms with E-state index in [2.05, 4.69) is 11.5 Å². The molecule has 1 aromatic carbocycles. The topological polar surface area (TPSA) is 62.6 Å². The number of piperazine rings is 1. The van der Waals surface area contributed by atoms with Gasteiger partial charge in [0.15, 0.2) is 0 Å². The molecule has 0 bridgehead atoms. The molecule has 1 saturated heterocycles. The summed E-state index contributed by atoms with van der Waals surface area (Å²) in [4.78, 5) is 14.8. The number of benzene rings is 1. The Morgan fingerprint density at radius 3 is 2.19 bits per heavy atom. The van der Waals surface area contributed by atoms with Crippen molar-refractivity contribution in [2.24, 2.45) is 0 Å². The monoisotopic (exact) mass is 409 g/mol. The molecule has 0 spiro atoms. The van der Waals surface area contributed by atoms with E-state index in [4.69, 9.17) is 11.6 Å². The Balaban J connectivity index is 1.72. The zero-order valence-corrected chi connectivity index (χ0v) is 17.3. The Morgan fingerprint density at radius 2 is 1.67 bits per heavy atom. The van der Waals surface area contributed by atoms with Gasteiger partial charge in [-0.05, 0) is 51.1 Å². The third-order valence-electron chi connectivity index (χ3n) is 5.10. The lowest BCUT2D eigenvalue weighted by Gasteiger charge is -2.34. The summed E-state index contributed by atoms with van der Waals surface area (Å²) in [6, 6.07) is 8.07. The molecule has 6 nitrogen and oxygen atoms in total. The first kappa shape index (κ1) is 19.9. The molecule has 1 aliphatic rings. The number of aryl methyl sites for hydroxylation is 1. The fourth-order valence-corrected chi connectivity index (χ4v) is 5.11. The zero-order valence-electron chi connectivity index (χ0n) is 15.8. The van der Waals surface area contributed by atoms with Gasteiger partial charge in [0, 0.05) is 49.1 Å². The lowest BCUT2D eigenvalue weighted by molar-refractivity contribution is 0.0697. The van der Waals surface area contributed by atoms with Crippen LogP contribution in [0.3, 0.4) is 0 Å². The van der Waals surface area contributed by atoms with Crippen LogP contribution < -0.4 is 0 Å². The standard InChI is InChI=1S/C19H24ClN3O3S/c1-4-23-14(2)13-18(15(23)3)19(24)21-9-11-22(12-10-21)27(25,26)17-7-5-16(20)6-8-17/h5-8,13H,4,9-12H2,1-3H3. The van der Waals surface area contributed by atoms with E-state index in [9.17, 15) is 13.2 Å². The first-order valence-electron chi connectivity index (χ1n) is 8.97. The van der Waals surface area contributed by atoms with E-state index in [-0.39, 0.29) is 23.9 Å². The Kier molecular flexibility index (Phi) is 5.65. The molecule has 27 heavy (non-hydrogen) atoms. The molecule has 0 radical (unpaired) electrons. The maximum Gasteiger partial charge on any atom is 0.255 e. The first-order chi connectivity index (χ1) is 12.8. The predicted octanol–water partition coefficient (Wildman–Crippen LogP) is 2.92. The van der Waals surface area contributed by atoms with Crippen LogP contribution >= 0.6 is 11.6 Å². The van der Waals surface area contributed by atoms with Gasteiger partial charge in [-0.2, -0.15) is 4.31 Å². The lowest BCUT2D eigenvalue weighted by Crippen LogP contribution is -2.50. The van der Waals surface area contributed by atoms with E-state index in [0.29, 0.717) is 23.7 Å². The second kappa shape index (κ2) is 7.66. The second-order valence-electron chi connectivity index (χ2n) is 6.68. The van der Waals surface area contributed by atoms with Crippen LogP contribution in [0.5, 0.6) is 0 Å². The number of hydrogen-bond acceptors (Lipinski definition) is 3. The summed E-state index contributed by atoms with van der Waals surface area (Å²) < 4.78 is 29.1. The SMILES string of the molecule is CCn1c(C)cc(C(=O)N2CCN(S(=O)(=O)c3ccc(Cl)cc3)CC2)c1C. The number of aromatic nitrogens is 1. The first-order valence-corrected chi connectivity index (χ1v) is 10.8. The molecule has 2 heterocycles. The third-order valence-corrected chi connectivity index (χ3v) is 7.26. The third kappa shape index (κ3) is 3.77. The van der Waals surface area contributed by atoms with Crippen LogP contribution in [0.4, 0.5) is 0 Å². The maximum absolute atomic E-state index is 12.9. The van der Waals surface area contributed by atoms with Crippen molar-refractivity contribution in [1.29, 1.82) is 0 Å². The van der Waals surface area contributed by atoms with Gasteiger partial charge >= 0.3 is 0 Å². The van der Waals surface area contributed by atoms with Crippen molar-refractivity contribution >= 4 is 27.5 Å². The molecule has 0 N–H and O–H groups in total. The van der Waals surface area contributed by atoms with Crippen LogP contribution in [0.25, 0.3) is 0 Å². The number of hydrogen-bond donors (Lipinski definition) is 0. The van der Waals surface area contributed by atoms with Crippen molar-refractivity contribution in [2.75, 3.05) is 26.2 Å². The molecule has 0 saturated carbocycles. The van der Waals surface area contributed by atoms with Gasteiger partial charge in [-0.15, -0.1) is 0 Å². The van der Waals surface area contributed by atoms with Gasteiger partial charge < -0.3 is 9.47 Å². The maximum atomic E-state index is 12.9. The average Bonchev–Trinajstić information content (AvgIpc) is 2.95. The fraction of sp³-hybridized carbons (Fsp3) is 0.421. The number of carbonyl (C=O) groups excluding carboxylic acids is 1. The molecule has 3 rings (SSSR count). The predicted molar refractivity (Wildman–Crippen MR) is 106 cm³/mol. The average molecular weight is 410 g/mol. The number of halogens is 1. The van der Waals surface area contributed by atoms with E-state index in [1.165, 1.54) is 16.4 Å². The molecule has 1 amide bonds. The summed E-state index contributed by atoms with van der Waals surface area (Å²) >= 11 is 5.84. The largest absolute Gasteiger partial charge is 0.349 e. The summed E-state index contributed by atoms with van der Waals surface area (Å²) in [7, 11) is -3.57. The van der Waals surface area contributed by atoms with Crippen molar-refractivity contribution in [3.63, 3.8) is 0 Å². The van der Waals surface area contributed by atoms with Gasteiger partial charge in [0.1, 0.15) is 0 Å². The smallest absolute Gasteiger partial charge is 0.255 e. The minimum atomic E-state index is -3.57. The van der Waals surface area contributed by atoms with Crippen LogP contribution in [-0.2, 0) is 16.6 Å². The molecular formula is C19H24ClN3O3S. The van der Waals surface area contributed by atoms with E-state index in [1.807, 2.05) is 19.9 Å². The number of carbonyl (C=O) groups is 1. The van der Waals surface area contributed by atoms with Gasteiger partial charge in [0.25, 0.3) is 5.91 Å². The van der Waals surface area contributed by atoms with E-state index in [1.54, 1.807) is 17.0 Å². The van der Waals surface area contributed by atoms with Crippen LogP contribution in [0.2, 0.25) is 5.02 Å². The van der Waals surface area contributed by atoms with Crippen molar-refractivity contribution < 1.29 is 13.2 Å². The van der Waals surface area contributed by atoms with Gasteiger partial charge in [-0.1, -0.05) is 11.6 Å². The van der Waals surface area contributed by atoms with Crippen molar-refractivity contribution in [1.82, 2.24) is 13.8 Å². The van der Waals surface area contributed by atoms with Crippen LogP contribution in [0.1, 0.15) is 28.7 Å². The minimum absolute atomic E-state index is 0.0358. The van der Waals surface area contributed by atoms with Gasteiger partial charge in [0.05, 0.1) is 10.5 Å². The molecule has 2 aromatic rings. The molecule has 0 unspecified atom stereocenters. The molecule has 1 aliphatic heterocycles. The summed E-state index contributed by atoms with van der Waals surface area (Å²) in [5, 5.41) is 0.494. The number of nitrogens with zero attached hydrogens (tertiary/aromatic N) is 3. The zero-order chi connectivity index (χ0) is 19.8. The normalized spacial score (nSPS) is 15.9. The molecule has 1 aromatic heterocycles. The minimum Gasteiger partial charge on any atom is -0.349 e. The Labute approximate surface area is 165 Å². The highest BCUT2D eigenvalue weighted by Gasteiger charge is 2.31. The quantitative estimate of drug-likeness (QED) is 0.779. The van der Waals surface area contributed by atoms with E-state index >= 15 is 0 Å². The van der Waals surface area contributed by atoms with Crippen LogP contribution in [-0.4, -0.2) is 54.3 Å². The molecule has 0 atom stereocenters. The Hall–Kier alpha value is -1.83. The lowest BCUT2D eigenvalue weighted by atomic mass is 10.2. The van der Waals surface area contributed by atoms with Crippen LogP contribution in [0.15, 0.2) is 35.2 Å². The van der Waals surface area contributed by atoms with Crippen molar-refractivity contribution in [3.8, 4) is 0 Å². The van der Waals surface area contributed by atoms with Gasteiger partial charge in [-0.25, -0.2) is 8.42 Å². The highest BCUT2D eigenvalue weighted by Crippen LogP contribution is 2.22. The van der Waals surface area contributed by atoms with E-state index < -0.39 is 10.0 Å². The molecular weight excluding hydrogens is 386 g/mol. The highest BCUT2D eigenvalue weighted by atomic mass is 35.5. The van der Waals surface area contributed by atoms with E-state index in [0.717, 1.165) is 17.9 Å². The molecule has 146 valence electrons. The van der Waals surface area contributed by atoms with Crippen molar-refractivity contribution in [2.45, 2.75) is 32.2 Å². The number of amides is 1. The van der Waals surface area contributed by atoms with Crippen molar-refractivity contribution in [3.05, 3.63) is 52.3 Å². The molecule has 8 heteroatoms. The summed E-state index contributed by atoms with van der Waals surface area (Å²) in [6.07, 6.45) is 0.